The van der Waals surface area contributed by atoms with Crippen LogP contribution in [0.5, 0.6) is 0 Å². The maximum Gasteiger partial charge on any atom is 0.223 e. The molecule has 1 fully saturated rings. The molecule has 1 saturated heterocycles. The predicted octanol–water partition coefficient (Wildman–Crippen LogP) is 0.926. The number of hydrogen-bond donors (Lipinski definition) is 3. The van der Waals surface area contributed by atoms with Gasteiger partial charge in [-0.15, -0.1) is 0 Å². The van der Waals surface area contributed by atoms with Crippen LogP contribution in [0.3, 0.4) is 0 Å². The summed E-state index contributed by atoms with van der Waals surface area (Å²) in [5.41, 5.74) is 5.81. The van der Waals surface area contributed by atoms with E-state index in [-0.39, 0.29) is 0 Å². The summed E-state index contributed by atoms with van der Waals surface area (Å²) in [6.45, 7) is 9.23. The molecular formula is C13H24N6. The Bertz CT molecular complexity index is 398. The molecule has 0 radical (unpaired) electrons. The zero-order chi connectivity index (χ0) is 13.7. The van der Waals surface area contributed by atoms with Crippen molar-refractivity contribution in [2.24, 2.45) is 5.92 Å². The van der Waals surface area contributed by atoms with E-state index in [9.17, 15) is 0 Å². The first-order valence-corrected chi connectivity index (χ1v) is 6.99. The summed E-state index contributed by atoms with van der Waals surface area (Å²) in [6, 6.07) is 1.99. The summed E-state index contributed by atoms with van der Waals surface area (Å²) in [7, 11) is 0. The molecule has 6 heteroatoms. The van der Waals surface area contributed by atoms with Gasteiger partial charge in [0.25, 0.3) is 0 Å². The van der Waals surface area contributed by atoms with Gasteiger partial charge in [0.1, 0.15) is 11.6 Å². The number of hydrogen-bond acceptors (Lipinski definition) is 6. The summed E-state index contributed by atoms with van der Waals surface area (Å²) in [6.07, 6.45) is 1.12. The fourth-order valence-electron chi connectivity index (χ4n) is 2.09. The van der Waals surface area contributed by atoms with Gasteiger partial charge in [0, 0.05) is 32.2 Å². The lowest BCUT2D eigenvalue weighted by atomic mass is 10.2. The molecule has 1 aliphatic heterocycles. The molecule has 0 aromatic carbocycles. The van der Waals surface area contributed by atoms with E-state index >= 15 is 0 Å². The summed E-state index contributed by atoms with van der Waals surface area (Å²) in [4.78, 5) is 10.9. The minimum Gasteiger partial charge on any atom is -0.370 e. The highest BCUT2D eigenvalue weighted by Crippen LogP contribution is 2.18. The summed E-state index contributed by atoms with van der Waals surface area (Å²) in [5, 5.41) is 6.69. The Hall–Kier alpha value is -1.56. The molecule has 0 saturated carbocycles. The zero-order valence-corrected chi connectivity index (χ0v) is 11.8. The Labute approximate surface area is 114 Å². The molecule has 0 atom stereocenters. The van der Waals surface area contributed by atoms with Gasteiger partial charge < -0.3 is 21.3 Å². The van der Waals surface area contributed by atoms with Crippen molar-refractivity contribution in [3.63, 3.8) is 0 Å². The van der Waals surface area contributed by atoms with Crippen LogP contribution in [0.4, 0.5) is 17.6 Å². The van der Waals surface area contributed by atoms with Crippen molar-refractivity contribution in [3.8, 4) is 0 Å². The molecule has 2 heterocycles. The number of nitrogen functional groups attached to an aromatic ring is 1. The van der Waals surface area contributed by atoms with Gasteiger partial charge in [0.15, 0.2) is 0 Å². The third-order valence-electron chi connectivity index (χ3n) is 3.09. The maximum atomic E-state index is 5.81. The number of nitrogens with zero attached hydrogens (tertiary/aromatic N) is 3. The average molecular weight is 264 g/mol. The number of aromatic nitrogens is 2. The van der Waals surface area contributed by atoms with Crippen molar-refractivity contribution in [2.75, 3.05) is 48.7 Å². The third-order valence-corrected chi connectivity index (χ3v) is 3.09. The molecule has 19 heavy (non-hydrogen) atoms. The number of nitrogens with one attached hydrogen (secondary N) is 2. The predicted molar refractivity (Wildman–Crippen MR) is 79.5 cm³/mol. The van der Waals surface area contributed by atoms with Crippen molar-refractivity contribution < 1.29 is 0 Å². The van der Waals surface area contributed by atoms with Crippen LogP contribution in [-0.2, 0) is 0 Å². The Morgan fingerprint density at radius 1 is 1.37 bits per heavy atom. The van der Waals surface area contributed by atoms with Crippen molar-refractivity contribution in [3.05, 3.63) is 6.07 Å². The minimum atomic E-state index is 0.334. The lowest BCUT2D eigenvalue weighted by Crippen LogP contribution is -2.29. The first kappa shape index (κ1) is 13.9. The molecule has 6 nitrogen and oxygen atoms in total. The van der Waals surface area contributed by atoms with Gasteiger partial charge in [-0.25, -0.2) is 0 Å². The Morgan fingerprint density at radius 2 is 2.21 bits per heavy atom. The summed E-state index contributed by atoms with van der Waals surface area (Å²) < 4.78 is 0. The lowest BCUT2D eigenvalue weighted by Gasteiger charge is -2.22. The van der Waals surface area contributed by atoms with Gasteiger partial charge >= 0.3 is 0 Å². The van der Waals surface area contributed by atoms with E-state index in [1.165, 1.54) is 0 Å². The molecule has 1 aliphatic rings. The van der Waals surface area contributed by atoms with Crippen LogP contribution in [-0.4, -0.2) is 42.7 Å². The highest BCUT2D eigenvalue weighted by molar-refractivity contribution is 5.52. The molecule has 0 spiro atoms. The van der Waals surface area contributed by atoms with Gasteiger partial charge in [0.05, 0.1) is 0 Å². The minimum absolute atomic E-state index is 0.334. The SMILES string of the molecule is CC(C)CNc1cc(N2CCCNCC2)nc(N)n1. The van der Waals surface area contributed by atoms with Gasteiger partial charge in [-0.3, -0.25) is 0 Å². The van der Waals surface area contributed by atoms with E-state index in [4.69, 9.17) is 5.73 Å². The number of anilines is 3. The Kier molecular flexibility index (Phi) is 4.79. The highest BCUT2D eigenvalue weighted by Gasteiger charge is 2.12. The molecule has 1 aromatic heterocycles. The van der Waals surface area contributed by atoms with Crippen molar-refractivity contribution in [1.29, 1.82) is 0 Å². The lowest BCUT2D eigenvalue weighted by molar-refractivity contribution is 0.686. The Morgan fingerprint density at radius 3 is 3.00 bits per heavy atom. The normalized spacial score (nSPS) is 16.5. The van der Waals surface area contributed by atoms with Crippen LogP contribution in [0.15, 0.2) is 6.07 Å². The van der Waals surface area contributed by atoms with E-state index in [1.807, 2.05) is 6.07 Å². The molecule has 1 aromatic rings. The average Bonchev–Trinajstić information content (AvgIpc) is 2.64. The first-order chi connectivity index (χ1) is 9.15. The van der Waals surface area contributed by atoms with E-state index < -0.39 is 0 Å². The van der Waals surface area contributed by atoms with Crippen LogP contribution in [0.25, 0.3) is 0 Å². The van der Waals surface area contributed by atoms with Gasteiger partial charge in [0.2, 0.25) is 5.95 Å². The van der Waals surface area contributed by atoms with Crippen molar-refractivity contribution in [2.45, 2.75) is 20.3 Å². The van der Waals surface area contributed by atoms with Gasteiger partial charge in [-0.2, -0.15) is 9.97 Å². The highest BCUT2D eigenvalue weighted by atomic mass is 15.2. The molecule has 0 bridgehead atoms. The second-order valence-electron chi connectivity index (χ2n) is 5.33. The second kappa shape index (κ2) is 6.56. The van der Waals surface area contributed by atoms with Crippen LogP contribution in [0, 0.1) is 5.92 Å². The van der Waals surface area contributed by atoms with Crippen LogP contribution in [0.2, 0.25) is 0 Å². The van der Waals surface area contributed by atoms with Crippen LogP contribution >= 0.6 is 0 Å². The van der Waals surface area contributed by atoms with Crippen LogP contribution < -0.4 is 21.3 Å². The summed E-state index contributed by atoms with van der Waals surface area (Å²) >= 11 is 0. The monoisotopic (exact) mass is 264 g/mol. The van der Waals surface area contributed by atoms with Crippen LogP contribution in [0.1, 0.15) is 20.3 Å². The topological polar surface area (TPSA) is 79.1 Å². The molecule has 2 rings (SSSR count). The summed E-state index contributed by atoms with van der Waals surface area (Å²) in [5.74, 6) is 2.64. The number of nitrogens with two attached hydrogens (primary N) is 1. The molecule has 0 amide bonds. The second-order valence-corrected chi connectivity index (χ2v) is 5.33. The molecule has 0 unspecified atom stereocenters. The Balaban J connectivity index is 2.10. The van der Waals surface area contributed by atoms with E-state index in [0.717, 1.165) is 50.8 Å². The largest absolute Gasteiger partial charge is 0.370 e. The van der Waals surface area contributed by atoms with E-state index in [1.54, 1.807) is 0 Å². The molecule has 4 N–H and O–H groups in total. The van der Waals surface area contributed by atoms with E-state index in [0.29, 0.717) is 11.9 Å². The maximum absolute atomic E-state index is 5.81. The standard InChI is InChI=1S/C13H24N6/c1-10(2)9-16-11-8-12(18-13(14)17-11)19-6-3-4-15-5-7-19/h8,10,15H,3-7,9H2,1-2H3,(H3,14,16,17,18). The molecule has 106 valence electrons. The fraction of sp³-hybridized carbons (Fsp3) is 0.692. The van der Waals surface area contributed by atoms with Crippen molar-refractivity contribution >= 4 is 17.6 Å². The van der Waals surface area contributed by atoms with E-state index in [2.05, 4.69) is 39.3 Å². The third kappa shape index (κ3) is 4.24. The van der Waals surface area contributed by atoms with Gasteiger partial charge in [-0.05, 0) is 18.9 Å². The van der Waals surface area contributed by atoms with Gasteiger partial charge in [-0.1, -0.05) is 13.8 Å². The first-order valence-electron chi connectivity index (χ1n) is 6.99. The smallest absolute Gasteiger partial charge is 0.223 e. The van der Waals surface area contributed by atoms with Crippen molar-refractivity contribution in [1.82, 2.24) is 15.3 Å². The molecule has 0 aliphatic carbocycles. The zero-order valence-electron chi connectivity index (χ0n) is 11.8. The number of rotatable bonds is 4. The fourth-order valence-corrected chi connectivity index (χ4v) is 2.09. The quantitative estimate of drug-likeness (QED) is 0.751. The molecular weight excluding hydrogens is 240 g/mol.